The zero-order valence-corrected chi connectivity index (χ0v) is 16.8. The van der Waals surface area contributed by atoms with Crippen molar-refractivity contribution in [3.05, 3.63) is 42.0 Å². The van der Waals surface area contributed by atoms with Gasteiger partial charge in [0, 0.05) is 24.7 Å². The molecule has 1 fully saturated rings. The molecule has 1 aliphatic rings. The number of nitrogens with one attached hydrogen (secondary N) is 1. The maximum atomic E-state index is 12.6. The number of carbonyl (C=O) groups excluding carboxylic acids is 1. The highest BCUT2D eigenvalue weighted by Gasteiger charge is 2.31. The van der Waals surface area contributed by atoms with E-state index in [4.69, 9.17) is 4.74 Å². The molecule has 0 aromatic heterocycles. The Morgan fingerprint density at radius 3 is 2.70 bits per heavy atom. The monoisotopic (exact) mass is 390 g/mol. The van der Waals surface area contributed by atoms with Crippen molar-refractivity contribution in [3.63, 3.8) is 0 Å². The average molecular weight is 391 g/mol. The summed E-state index contributed by atoms with van der Waals surface area (Å²) in [4.78, 5) is 14.2. The molecule has 1 atom stereocenters. The summed E-state index contributed by atoms with van der Waals surface area (Å²) in [6, 6.07) is 11.3. The van der Waals surface area contributed by atoms with Gasteiger partial charge in [0.25, 0.3) is 0 Å². The molecule has 0 spiro atoms. The highest BCUT2D eigenvalue weighted by Crippen LogP contribution is 2.29. The summed E-state index contributed by atoms with van der Waals surface area (Å²) in [5, 5.41) is 5.06. The van der Waals surface area contributed by atoms with E-state index in [9.17, 15) is 13.2 Å². The molecule has 3 rings (SSSR count). The summed E-state index contributed by atoms with van der Waals surface area (Å²) in [6.07, 6.45) is 0.0212. The molecule has 7 heteroatoms. The minimum atomic E-state index is -3.06. The van der Waals surface area contributed by atoms with E-state index in [2.05, 4.69) is 5.32 Å². The van der Waals surface area contributed by atoms with Gasteiger partial charge < -0.3 is 15.0 Å². The van der Waals surface area contributed by atoms with Crippen molar-refractivity contribution in [2.75, 3.05) is 18.1 Å². The van der Waals surface area contributed by atoms with E-state index in [1.54, 1.807) is 11.8 Å². The van der Waals surface area contributed by atoms with Gasteiger partial charge in [-0.25, -0.2) is 13.2 Å². The Bertz CT molecular complexity index is 940. The number of sulfone groups is 1. The number of urea groups is 1. The van der Waals surface area contributed by atoms with Crippen molar-refractivity contribution >= 4 is 26.6 Å². The van der Waals surface area contributed by atoms with Crippen LogP contribution in [0.25, 0.3) is 10.8 Å². The molecule has 1 heterocycles. The number of hydrogen-bond acceptors (Lipinski definition) is 4. The second-order valence-electron chi connectivity index (χ2n) is 7.25. The summed E-state index contributed by atoms with van der Waals surface area (Å²) >= 11 is 0. The van der Waals surface area contributed by atoms with Gasteiger partial charge in [0.2, 0.25) is 0 Å². The minimum absolute atomic E-state index is 0.0103. The van der Waals surface area contributed by atoms with Gasteiger partial charge in [-0.15, -0.1) is 0 Å². The van der Waals surface area contributed by atoms with Gasteiger partial charge in [0.15, 0.2) is 9.84 Å². The molecule has 0 aliphatic carbocycles. The smallest absolute Gasteiger partial charge is 0.317 e. The van der Waals surface area contributed by atoms with E-state index in [1.165, 1.54) is 0 Å². The lowest BCUT2D eigenvalue weighted by atomic mass is 10.0. The lowest BCUT2D eigenvalue weighted by Gasteiger charge is -2.33. The molecule has 2 aromatic carbocycles. The number of benzene rings is 2. The van der Waals surface area contributed by atoms with E-state index in [0.717, 1.165) is 22.1 Å². The fourth-order valence-corrected chi connectivity index (χ4v) is 4.98. The van der Waals surface area contributed by atoms with Gasteiger partial charge in [-0.1, -0.05) is 30.3 Å². The number of hydrogen-bond donors (Lipinski definition) is 1. The van der Waals surface area contributed by atoms with Gasteiger partial charge in [-0.05, 0) is 37.6 Å². The number of rotatable bonds is 4. The van der Waals surface area contributed by atoms with Gasteiger partial charge in [0.05, 0.1) is 17.6 Å². The summed E-state index contributed by atoms with van der Waals surface area (Å²) in [5.41, 5.74) is 0.924. The van der Waals surface area contributed by atoms with Crippen molar-refractivity contribution in [2.45, 2.75) is 39.5 Å². The standard InChI is InChI=1S/C20H26N2O4S/c1-14(2)26-19-9-8-16-6-4-5-7-17(16)18(19)12-21-20(23)22-10-11-27(24,25)13-15(22)3/h4-9,14-15H,10-13H2,1-3H3,(H,21,23)/t15-/m1/s1. The van der Waals surface area contributed by atoms with Crippen LogP contribution in [0, 0.1) is 0 Å². The first-order valence-corrected chi connectivity index (χ1v) is 11.0. The van der Waals surface area contributed by atoms with Crippen LogP contribution in [0.5, 0.6) is 5.75 Å². The van der Waals surface area contributed by atoms with Gasteiger partial charge in [-0.2, -0.15) is 0 Å². The van der Waals surface area contributed by atoms with Crippen LogP contribution in [0.4, 0.5) is 4.79 Å². The molecule has 0 radical (unpaired) electrons. The van der Waals surface area contributed by atoms with Crippen molar-refractivity contribution in [3.8, 4) is 5.75 Å². The average Bonchev–Trinajstić information content (AvgIpc) is 2.59. The largest absolute Gasteiger partial charge is 0.491 e. The summed E-state index contributed by atoms with van der Waals surface area (Å²) in [6.45, 7) is 6.24. The highest BCUT2D eigenvalue weighted by molar-refractivity contribution is 7.91. The van der Waals surface area contributed by atoms with Crippen LogP contribution in [0.1, 0.15) is 26.3 Å². The van der Waals surface area contributed by atoms with Gasteiger partial charge in [-0.3, -0.25) is 0 Å². The van der Waals surface area contributed by atoms with Crippen LogP contribution >= 0.6 is 0 Å². The van der Waals surface area contributed by atoms with Crippen LogP contribution in [0.2, 0.25) is 0 Å². The lowest BCUT2D eigenvalue weighted by Crippen LogP contribution is -2.53. The molecular weight excluding hydrogens is 364 g/mol. The topological polar surface area (TPSA) is 75.7 Å². The first-order valence-electron chi connectivity index (χ1n) is 9.19. The SMILES string of the molecule is CC(C)Oc1ccc2ccccc2c1CNC(=O)N1CCS(=O)(=O)C[C@H]1C. The number of carbonyl (C=O) groups is 1. The zero-order chi connectivity index (χ0) is 19.6. The fraction of sp³-hybridized carbons (Fsp3) is 0.450. The lowest BCUT2D eigenvalue weighted by molar-refractivity contribution is 0.184. The molecule has 2 amide bonds. The van der Waals surface area contributed by atoms with Crippen molar-refractivity contribution in [1.82, 2.24) is 10.2 Å². The Morgan fingerprint density at radius 1 is 1.26 bits per heavy atom. The second-order valence-corrected chi connectivity index (χ2v) is 9.47. The van der Waals surface area contributed by atoms with Gasteiger partial charge in [0.1, 0.15) is 5.75 Å². The molecule has 0 saturated carbocycles. The quantitative estimate of drug-likeness (QED) is 0.871. The molecule has 146 valence electrons. The normalized spacial score (nSPS) is 19.3. The third kappa shape index (κ3) is 4.53. The Balaban J connectivity index is 1.80. The van der Waals surface area contributed by atoms with Crippen molar-refractivity contribution in [2.24, 2.45) is 0 Å². The summed E-state index contributed by atoms with van der Waals surface area (Å²) in [7, 11) is -3.06. The number of amides is 2. The third-order valence-electron chi connectivity index (χ3n) is 4.71. The first kappa shape index (κ1) is 19.5. The molecule has 0 bridgehead atoms. The zero-order valence-electron chi connectivity index (χ0n) is 15.9. The van der Waals surface area contributed by atoms with Crippen molar-refractivity contribution in [1.29, 1.82) is 0 Å². The number of nitrogens with zero attached hydrogens (tertiary/aromatic N) is 1. The van der Waals surface area contributed by atoms with Crippen LogP contribution in [0.15, 0.2) is 36.4 Å². The molecule has 1 N–H and O–H groups in total. The summed E-state index contributed by atoms with van der Waals surface area (Å²) in [5.74, 6) is 0.773. The van der Waals surface area contributed by atoms with Crippen LogP contribution in [-0.2, 0) is 16.4 Å². The molecule has 27 heavy (non-hydrogen) atoms. The number of fused-ring (bicyclic) bond motifs is 1. The summed E-state index contributed by atoms with van der Waals surface area (Å²) < 4.78 is 29.4. The first-order chi connectivity index (χ1) is 12.8. The van der Waals surface area contributed by atoms with Crippen LogP contribution in [-0.4, -0.2) is 49.5 Å². The second kappa shape index (κ2) is 7.76. The molecule has 1 saturated heterocycles. The third-order valence-corrected chi connectivity index (χ3v) is 6.50. The Morgan fingerprint density at radius 2 is 2.00 bits per heavy atom. The molecule has 6 nitrogen and oxygen atoms in total. The maximum absolute atomic E-state index is 12.6. The van der Waals surface area contributed by atoms with E-state index in [-0.39, 0.29) is 36.2 Å². The fourth-order valence-electron chi connectivity index (χ4n) is 3.43. The highest BCUT2D eigenvalue weighted by atomic mass is 32.2. The van der Waals surface area contributed by atoms with E-state index >= 15 is 0 Å². The number of ether oxygens (including phenoxy) is 1. The molecule has 0 unspecified atom stereocenters. The van der Waals surface area contributed by atoms with E-state index in [0.29, 0.717) is 6.54 Å². The van der Waals surface area contributed by atoms with Crippen molar-refractivity contribution < 1.29 is 17.9 Å². The van der Waals surface area contributed by atoms with Crippen LogP contribution < -0.4 is 10.1 Å². The van der Waals surface area contributed by atoms with Crippen LogP contribution in [0.3, 0.4) is 0 Å². The Kier molecular flexibility index (Phi) is 5.60. The molecular formula is C20H26N2O4S. The predicted molar refractivity (Wildman–Crippen MR) is 107 cm³/mol. The molecule has 1 aliphatic heterocycles. The van der Waals surface area contributed by atoms with E-state index in [1.807, 2.05) is 50.2 Å². The molecule has 2 aromatic rings. The minimum Gasteiger partial charge on any atom is -0.491 e. The Labute approximate surface area is 160 Å². The predicted octanol–water partition coefficient (Wildman–Crippen LogP) is 2.96. The van der Waals surface area contributed by atoms with Gasteiger partial charge >= 0.3 is 6.03 Å². The maximum Gasteiger partial charge on any atom is 0.317 e. The van der Waals surface area contributed by atoms with E-state index < -0.39 is 9.84 Å². The Hall–Kier alpha value is -2.28.